The van der Waals surface area contributed by atoms with Gasteiger partial charge in [0, 0.05) is 38.7 Å². The summed E-state index contributed by atoms with van der Waals surface area (Å²) in [6.07, 6.45) is 12.0. The van der Waals surface area contributed by atoms with Gasteiger partial charge in [-0.25, -0.2) is 0 Å². The second kappa shape index (κ2) is 9.39. The molecule has 2 saturated heterocycles. The Morgan fingerprint density at radius 3 is 2.59 bits per heavy atom. The largest absolute Gasteiger partial charge is 0.381 e. The van der Waals surface area contributed by atoms with Crippen LogP contribution >= 0.6 is 0 Å². The molecule has 0 aromatic heterocycles. The Morgan fingerprint density at radius 2 is 1.91 bits per heavy atom. The number of aliphatic imine (C=N–C) groups is 1. The first-order valence-corrected chi connectivity index (χ1v) is 9.33. The van der Waals surface area contributed by atoms with Gasteiger partial charge < -0.3 is 15.0 Å². The van der Waals surface area contributed by atoms with Gasteiger partial charge in [-0.2, -0.15) is 0 Å². The van der Waals surface area contributed by atoms with Crippen LogP contribution in [0.3, 0.4) is 0 Å². The van der Waals surface area contributed by atoms with Gasteiger partial charge in [0.05, 0.1) is 6.61 Å². The number of hydrogen-bond acceptors (Lipinski definition) is 2. The predicted molar refractivity (Wildman–Crippen MR) is 93.4 cm³/mol. The Balaban J connectivity index is 1.58. The third-order valence-electron chi connectivity index (χ3n) is 5.20. The number of guanidine groups is 1. The molecule has 1 unspecified atom stereocenters. The van der Waals surface area contributed by atoms with E-state index < -0.39 is 0 Å². The fraction of sp³-hybridized carbons (Fsp3) is 0.944. The van der Waals surface area contributed by atoms with Crippen molar-refractivity contribution in [3.05, 3.63) is 0 Å². The predicted octanol–water partition coefficient (Wildman–Crippen LogP) is 3.42. The van der Waals surface area contributed by atoms with E-state index in [1.807, 2.05) is 7.05 Å². The Morgan fingerprint density at radius 1 is 1.14 bits per heavy atom. The van der Waals surface area contributed by atoms with Crippen LogP contribution in [0.25, 0.3) is 0 Å². The van der Waals surface area contributed by atoms with Crippen LogP contribution in [-0.4, -0.2) is 50.8 Å². The fourth-order valence-electron chi connectivity index (χ4n) is 3.70. The average Bonchev–Trinajstić information content (AvgIpc) is 3.16. The van der Waals surface area contributed by atoms with Crippen LogP contribution in [0.5, 0.6) is 0 Å². The zero-order chi connectivity index (χ0) is 15.7. The molecule has 1 atom stereocenters. The maximum Gasteiger partial charge on any atom is 0.193 e. The van der Waals surface area contributed by atoms with Crippen LogP contribution in [0.15, 0.2) is 4.99 Å². The minimum atomic E-state index is 0.414. The summed E-state index contributed by atoms with van der Waals surface area (Å²) in [5, 5.41) is 3.55. The van der Waals surface area contributed by atoms with E-state index in [1.54, 1.807) is 0 Å². The number of likely N-dealkylation sites (tertiary alicyclic amines) is 1. The van der Waals surface area contributed by atoms with E-state index in [1.165, 1.54) is 57.8 Å². The molecule has 0 radical (unpaired) electrons. The second-order valence-corrected chi connectivity index (χ2v) is 7.07. The van der Waals surface area contributed by atoms with Crippen LogP contribution in [0.1, 0.15) is 64.7 Å². The third kappa shape index (κ3) is 5.15. The summed E-state index contributed by atoms with van der Waals surface area (Å²) in [5.41, 5.74) is 0.414. The second-order valence-electron chi connectivity index (χ2n) is 7.07. The summed E-state index contributed by atoms with van der Waals surface area (Å²) >= 11 is 0. The topological polar surface area (TPSA) is 36.9 Å². The standard InChI is InChI=1S/C18H35N3O/c1-3-4-5-6-7-8-9-12-20-17(19-2)21-13-10-18(15-21)11-14-22-16-18/h3-16H2,1-2H3,(H,19,20). The molecule has 1 spiro atoms. The Hall–Kier alpha value is -0.770. The SMILES string of the molecule is CCCCCCCCCNC(=NC)N1CCC2(CCOC2)C1. The van der Waals surface area contributed by atoms with Crippen molar-refractivity contribution >= 4 is 5.96 Å². The van der Waals surface area contributed by atoms with Crippen LogP contribution in [0.2, 0.25) is 0 Å². The lowest BCUT2D eigenvalue weighted by molar-refractivity contribution is 0.156. The van der Waals surface area contributed by atoms with E-state index in [0.29, 0.717) is 5.41 Å². The van der Waals surface area contributed by atoms with Crippen molar-refractivity contribution in [1.82, 2.24) is 10.2 Å². The lowest BCUT2D eigenvalue weighted by Gasteiger charge is -2.24. The Bertz CT molecular complexity index is 337. The van der Waals surface area contributed by atoms with Crippen LogP contribution < -0.4 is 5.32 Å². The molecule has 1 N–H and O–H groups in total. The molecule has 2 aliphatic rings. The van der Waals surface area contributed by atoms with Gasteiger partial charge in [-0.15, -0.1) is 0 Å². The first kappa shape index (κ1) is 17.6. The highest BCUT2D eigenvalue weighted by Gasteiger charge is 2.42. The zero-order valence-corrected chi connectivity index (χ0v) is 14.7. The van der Waals surface area contributed by atoms with Crippen molar-refractivity contribution in [2.45, 2.75) is 64.7 Å². The van der Waals surface area contributed by atoms with E-state index in [4.69, 9.17) is 4.74 Å². The van der Waals surface area contributed by atoms with Crippen molar-refractivity contribution < 1.29 is 4.74 Å². The van der Waals surface area contributed by atoms with Crippen molar-refractivity contribution in [2.75, 3.05) is 39.9 Å². The van der Waals surface area contributed by atoms with E-state index >= 15 is 0 Å². The van der Waals surface area contributed by atoms with E-state index in [2.05, 4.69) is 22.1 Å². The highest BCUT2D eigenvalue weighted by atomic mass is 16.5. The molecule has 22 heavy (non-hydrogen) atoms. The molecule has 128 valence electrons. The monoisotopic (exact) mass is 309 g/mol. The van der Waals surface area contributed by atoms with Gasteiger partial charge in [0.25, 0.3) is 0 Å². The van der Waals surface area contributed by atoms with Gasteiger partial charge in [0.15, 0.2) is 5.96 Å². The molecule has 4 nitrogen and oxygen atoms in total. The van der Waals surface area contributed by atoms with E-state index in [0.717, 1.165) is 38.8 Å². The first-order chi connectivity index (χ1) is 10.8. The number of unbranched alkanes of at least 4 members (excludes halogenated alkanes) is 6. The lowest BCUT2D eigenvalue weighted by atomic mass is 9.87. The van der Waals surface area contributed by atoms with Gasteiger partial charge in [-0.1, -0.05) is 45.4 Å². The van der Waals surface area contributed by atoms with Crippen LogP contribution in [0.4, 0.5) is 0 Å². The molecule has 0 aliphatic carbocycles. The number of nitrogens with zero attached hydrogens (tertiary/aromatic N) is 2. The van der Waals surface area contributed by atoms with E-state index in [9.17, 15) is 0 Å². The van der Waals surface area contributed by atoms with Gasteiger partial charge >= 0.3 is 0 Å². The summed E-state index contributed by atoms with van der Waals surface area (Å²) in [6.45, 7) is 7.45. The number of rotatable bonds is 8. The average molecular weight is 309 g/mol. The minimum Gasteiger partial charge on any atom is -0.381 e. The first-order valence-electron chi connectivity index (χ1n) is 9.33. The quantitative estimate of drug-likeness (QED) is 0.424. The van der Waals surface area contributed by atoms with Crippen LogP contribution in [0, 0.1) is 5.41 Å². The molecule has 4 heteroatoms. The molecule has 0 aromatic rings. The molecule has 0 bridgehead atoms. The van der Waals surface area contributed by atoms with Crippen molar-refractivity contribution in [3.8, 4) is 0 Å². The third-order valence-corrected chi connectivity index (χ3v) is 5.20. The maximum absolute atomic E-state index is 5.61. The zero-order valence-electron chi connectivity index (χ0n) is 14.7. The highest BCUT2D eigenvalue weighted by molar-refractivity contribution is 5.80. The summed E-state index contributed by atoms with van der Waals surface area (Å²) in [5.74, 6) is 1.09. The number of ether oxygens (including phenoxy) is 1. The van der Waals surface area contributed by atoms with Crippen LogP contribution in [-0.2, 0) is 4.74 Å². The van der Waals surface area contributed by atoms with Gasteiger partial charge in [-0.05, 0) is 19.3 Å². The highest BCUT2D eigenvalue weighted by Crippen LogP contribution is 2.38. The minimum absolute atomic E-state index is 0.414. The molecule has 0 amide bonds. The summed E-state index contributed by atoms with van der Waals surface area (Å²) < 4.78 is 5.61. The molecule has 0 saturated carbocycles. The molecular weight excluding hydrogens is 274 g/mol. The number of nitrogens with one attached hydrogen (secondary N) is 1. The smallest absolute Gasteiger partial charge is 0.193 e. The molecule has 2 aliphatic heterocycles. The van der Waals surface area contributed by atoms with Gasteiger partial charge in [0.1, 0.15) is 0 Å². The molecule has 2 heterocycles. The summed E-state index contributed by atoms with van der Waals surface area (Å²) in [6, 6.07) is 0. The molecular formula is C18H35N3O. The summed E-state index contributed by atoms with van der Waals surface area (Å²) in [4.78, 5) is 6.90. The van der Waals surface area contributed by atoms with Crippen molar-refractivity contribution in [3.63, 3.8) is 0 Å². The molecule has 0 aromatic carbocycles. The van der Waals surface area contributed by atoms with Crippen molar-refractivity contribution in [2.24, 2.45) is 10.4 Å². The fourth-order valence-corrected chi connectivity index (χ4v) is 3.70. The Kier molecular flexibility index (Phi) is 7.50. The molecule has 2 fully saturated rings. The normalized spacial score (nSPS) is 25.4. The summed E-state index contributed by atoms with van der Waals surface area (Å²) in [7, 11) is 1.91. The van der Waals surface area contributed by atoms with E-state index in [-0.39, 0.29) is 0 Å². The Labute approximate surface area is 136 Å². The van der Waals surface area contributed by atoms with Gasteiger partial charge in [-0.3, -0.25) is 4.99 Å². The number of hydrogen-bond donors (Lipinski definition) is 1. The van der Waals surface area contributed by atoms with Gasteiger partial charge in [0.2, 0.25) is 0 Å². The maximum atomic E-state index is 5.61. The van der Waals surface area contributed by atoms with Crippen molar-refractivity contribution in [1.29, 1.82) is 0 Å². The lowest BCUT2D eigenvalue weighted by Crippen LogP contribution is -2.41. The molecule has 2 rings (SSSR count).